The fraction of sp³-hybridized carbons (Fsp3) is 0.667. The summed E-state index contributed by atoms with van der Waals surface area (Å²) in [5.74, 6) is 2.28. The van der Waals surface area contributed by atoms with Crippen LogP contribution in [0.5, 0.6) is 11.5 Å². The van der Waals surface area contributed by atoms with Gasteiger partial charge in [-0.25, -0.2) is 0 Å². The zero-order valence-electron chi connectivity index (χ0n) is 18.3. The number of likely N-dealkylation sites (N-methyl/N-ethyl adjacent to an activating group) is 1. The summed E-state index contributed by atoms with van der Waals surface area (Å²) in [4.78, 5) is 7.00. The van der Waals surface area contributed by atoms with E-state index in [-0.39, 0.29) is 36.1 Å². The first-order valence-electron chi connectivity index (χ1n) is 10.1. The number of methoxy groups -OCH3 is 2. The highest BCUT2D eigenvalue weighted by Crippen LogP contribution is 2.31. The van der Waals surface area contributed by atoms with Crippen LogP contribution in [-0.4, -0.2) is 69.5 Å². The Morgan fingerprint density at radius 1 is 1.17 bits per heavy atom. The van der Waals surface area contributed by atoms with Gasteiger partial charge in [0.05, 0.1) is 32.9 Å². The fourth-order valence-electron chi connectivity index (χ4n) is 3.54. The first-order valence-corrected chi connectivity index (χ1v) is 10.1. The van der Waals surface area contributed by atoms with Gasteiger partial charge in [0.2, 0.25) is 0 Å². The molecule has 1 saturated carbocycles. The van der Waals surface area contributed by atoms with Gasteiger partial charge in [-0.15, -0.1) is 24.0 Å². The van der Waals surface area contributed by atoms with Crippen molar-refractivity contribution in [2.45, 2.75) is 50.8 Å². The molecule has 166 valence electrons. The summed E-state index contributed by atoms with van der Waals surface area (Å²) < 4.78 is 10.8. The van der Waals surface area contributed by atoms with Crippen molar-refractivity contribution in [2.75, 3.05) is 41.4 Å². The van der Waals surface area contributed by atoms with Crippen molar-refractivity contribution >= 4 is 29.9 Å². The average molecular weight is 520 g/mol. The van der Waals surface area contributed by atoms with Crippen LogP contribution < -0.4 is 20.1 Å². The molecule has 0 aliphatic heterocycles. The van der Waals surface area contributed by atoms with Crippen molar-refractivity contribution < 1.29 is 14.6 Å². The van der Waals surface area contributed by atoms with Gasteiger partial charge >= 0.3 is 0 Å². The quantitative estimate of drug-likeness (QED) is 0.278. The van der Waals surface area contributed by atoms with Gasteiger partial charge in [0.15, 0.2) is 17.5 Å². The van der Waals surface area contributed by atoms with Crippen molar-refractivity contribution in [1.82, 2.24) is 15.5 Å². The van der Waals surface area contributed by atoms with Crippen molar-refractivity contribution in [3.63, 3.8) is 0 Å². The summed E-state index contributed by atoms with van der Waals surface area (Å²) in [5, 5.41) is 16.6. The summed E-state index contributed by atoms with van der Waals surface area (Å²) in [7, 11) is 7.40. The fourth-order valence-corrected chi connectivity index (χ4v) is 3.54. The number of aliphatic imine (C=N–C) groups is 1. The second kappa shape index (κ2) is 13.1. The molecule has 1 aromatic carbocycles. The third-order valence-corrected chi connectivity index (χ3v) is 5.22. The van der Waals surface area contributed by atoms with E-state index in [0.717, 1.165) is 55.3 Å². The summed E-state index contributed by atoms with van der Waals surface area (Å²) in [5.41, 5.74) is 1.13. The van der Waals surface area contributed by atoms with Gasteiger partial charge in [-0.2, -0.15) is 0 Å². The van der Waals surface area contributed by atoms with Crippen LogP contribution in [0.4, 0.5) is 0 Å². The van der Waals surface area contributed by atoms with Crippen LogP contribution in [0, 0.1) is 0 Å². The Balaban J connectivity index is 0.00000420. The Kier molecular flexibility index (Phi) is 11.7. The molecular formula is C21H37IN4O3. The molecular weight excluding hydrogens is 483 g/mol. The standard InChI is InChI=1S/C21H36N4O3.HI/c1-6-22-21(24-16-8-10-17(26)11-9-16)23-14-18(25(2)3)15-7-12-19(27-4)20(13-15)28-5;/h7,12-13,16-18,26H,6,8-11,14H2,1-5H3,(H2,22,23,24);1H. The van der Waals surface area contributed by atoms with Gasteiger partial charge in [-0.3, -0.25) is 4.99 Å². The molecule has 0 radical (unpaired) electrons. The first-order chi connectivity index (χ1) is 13.5. The van der Waals surface area contributed by atoms with E-state index in [0.29, 0.717) is 12.6 Å². The van der Waals surface area contributed by atoms with E-state index in [1.165, 1.54) is 0 Å². The Hall–Kier alpha value is -1.26. The summed E-state index contributed by atoms with van der Waals surface area (Å²) in [6.07, 6.45) is 3.49. The number of nitrogens with zero attached hydrogens (tertiary/aromatic N) is 2. The summed E-state index contributed by atoms with van der Waals surface area (Å²) >= 11 is 0. The lowest BCUT2D eigenvalue weighted by Crippen LogP contribution is -2.45. The Labute approximate surface area is 192 Å². The third-order valence-electron chi connectivity index (χ3n) is 5.22. The van der Waals surface area contributed by atoms with Gasteiger partial charge in [-0.05, 0) is 64.4 Å². The van der Waals surface area contributed by atoms with E-state index in [4.69, 9.17) is 14.5 Å². The number of aliphatic hydroxyl groups is 1. The van der Waals surface area contributed by atoms with Gasteiger partial charge in [0.1, 0.15) is 0 Å². The third kappa shape index (κ3) is 7.82. The van der Waals surface area contributed by atoms with Crippen molar-refractivity contribution in [3.8, 4) is 11.5 Å². The van der Waals surface area contributed by atoms with Gasteiger partial charge in [0, 0.05) is 12.6 Å². The second-order valence-corrected chi connectivity index (χ2v) is 7.46. The predicted molar refractivity (Wildman–Crippen MR) is 129 cm³/mol. The van der Waals surface area contributed by atoms with Crippen LogP contribution in [0.25, 0.3) is 0 Å². The molecule has 0 spiro atoms. The monoisotopic (exact) mass is 520 g/mol. The number of aliphatic hydroxyl groups excluding tert-OH is 1. The number of hydrogen-bond donors (Lipinski definition) is 3. The molecule has 0 amide bonds. The topological polar surface area (TPSA) is 78.4 Å². The highest BCUT2D eigenvalue weighted by atomic mass is 127. The summed E-state index contributed by atoms with van der Waals surface area (Å²) in [6, 6.07) is 6.49. The molecule has 29 heavy (non-hydrogen) atoms. The van der Waals surface area contributed by atoms with Crippen LogP contribution in [-0.2, 0) is 0 Å². The number of benzene rings is 1. The highest BCUT2D eigenvalue weighted by Gasteiger charge is 2.21. The van der Waals surface area contributed by atoms with Crippen LogP contribution in [0.1, 0.15) is 44.2 Å². The zero-order valence-corrected chi connectivity index (χ0v) is 20.6. The minimum Gasteiger partial charge on any atom is -0.493 e. The molecule has 2 rings (SSSR count). The van der Waals surface area contributed by atoms with E-state index >= 15 is 0 Å². The first kappa shape index (κ1) is 25.8. The zero-order chi connectivity index (χ0) is 20.5. The lowest BCUT2D eigenvalue weighted by molar-refractivity contribution is 0.120. The number of halogens is 1. The molecule has 0 aromatic heterocycles. The van der Waals surface area contributed by atoms with Crippen LogP contribution in [0.2, 0.25) is 0 Å². The molecule has 1 fully saturated rings. The molecule has 3 N–H and O–H groups in total. The molecule has 1 aromatic rings. The van der Waals surface area contributed by atoms with Crippen molar-refractivity contribution in [2.24, 2.45) is 4.99 Å². The number of rotatable bonds is 8. The smallest absolute Gasteiger partial charge is 0.191 e. The minimum atomic E-state index is -0.152. The van der Waals surface area contributed by atoms with E-state index in [1.807, 2.05) is 12.1 Å². The Bertz CT molecular complexity index is 634. The molecule has 7 nitrogen and oxygen atoms in total. The molecule has 1 aliphatic rings. The number of guanidine groups is 1. The van der Waals surface area contributed by atoms with Gasteiger partial charge in [-0.1, -0.05) is 6.07 Å². The Morgan fingerprint density at radius 2 is 1.83 bits per heavy atom. The second-order valence-electron chi connectivity index (χ2n) is 7.46. The number of hydrogen-bond acceptors (Lipinski definition) is 5. The molecule has 1 unspecified atom stereocenters. The molecule has 1 aliphatic carbocycles. The maximum Gasteiger partial charge on any atom is 0.191 e. The maximum atomic E-state index is 9.71. The van der Waals surface area contributed by atoms with E-state index in [2.05, 4.69) is 42.6 Å². The van der Waals surface area contributed by atoms with E-state index in [1.54, 1.807) is 14.2 Å². The van der Waals surface area contributed by atoms with Crippen molar-refractivity contribution in [1.29, 1.82) is 0 Å². The van der Waals surface area contributed by atoms with Crippen molar-refractivity contribution in [3.05, 3.63) is 23.8 Å². The Morgan fingerprint density at radius 3 is 2.38 bits per heavy atom. The van der Waals surface area contributed by atoms with Gasteiger partial charge in [0.25, 0.3) is 0 Å². The minimum absolute atomic E-state index is 0. The summed E-state index contributed by atoms with van der Waals surface area (Å²) in [6.45, 7) is 3.50. The molecule has 0 bridgehead atoms. The van der Waals surface area contributed by atoms with Crippen LogP contribution in [0.3, 0.4) is 0 Å². The lowest BCUT2D eigenvalue weighted by atomic mass is 9.93. The average Bonchev–Trinajstić information content (AvgIpc) is 2.69. The SMILES string of the molecule is CCNC(=NCC(c1ccc(OC)c(OC)c1)N(C)C)NC1CCC(O)CC1.I. The predicted octanol–water partition coefficient (Wildman–Crippen LogP) is 2.78. The lowest BCUT2D eigenvalue weighted by Gasteiger charge is -2.28. The molecule has 1 atom stereocenters. The molecule has 0 heterocycles. The molecule has 8 heteroatoms. The molecule has 0 saturated heterocycles. The maximum absolute atomic E-state index is 9.71. The van der Waals surface area contributed by atoms with Crippen LogP contribution in [0.15, 0.2) is 23.2 Å². The largest absolute Gasteiger partial charge is 0.493 e. The number of nitrogens with one attached hydrogen (secondary N) is 2. The van der Waals surface area contributed by atoms with E-state index in [9.17, 15) is 5.11 Å². The highest BCUT2D eigenvalue weighted by molar-refractivity contribution is 14.0. The normalized spacial score (nSPS) is 20.6. The number of ether oxygens (including phenoxy) is 2. The van der Waals surface area contributed by atoms with Crippen LogP contribution >= 0.6 is 24.0 Å². The van der Waals surface area contributed by atoms with Gasteiger partial charge < -0.3 is 30.1 Å². The van der Waals surface area contributed by atoms with E-state index < -0.39 is 0 Å².